The van der Waals surface area contributed by atoms with E-state index in [4.69, 9.17) is 0 Å². The maximum Gasteiger partial charge on any atom is 0.0542 e. The molecule has 78 heavy (non-hydrogen) atoms. The first-order valence-electron chi connectivity index (χ1n) is 29.7. The van der Waals surface area contributed by atoms with Crippen LogP contribution >= 0.6 is 0 Å². The molecule has 2 nitrogen and oxygen atoms in total. The lowest BCUT2D eigenvalue weighted by molar-refractivity contribution is 0.203. The Labute approximate surface area is 469 Å². The molecule has 0 N–H and O–H groups in total. The molecule has 0 fully saturated rings. The van der Waals surface area contributed by atoms with Gasteiger partial charge >= 0.3 is 0 Å². The number of aryl methyl sites for hydroxylation is 1. The van der Waals surface area contributed by atoms with Gasteiger partial charge in [0.05, 0.1) is 28.4 Å². The first-order chi connectivity index (χ1) is 36.4. The molecule has 2 aliphatic heterocycles. The van der Waals surface area contributed by atoms with Gasteiger partial charge in [-0.15, -0.1) is 0 Å². The fourth-order valence-corrected chi connectivity index (χ4v) is 16.1. The van der Waals surface area contributed by atoms with Crippen molar-refractivity contribution < 1.29 is 0 Å². The second-order valence-corrected chi connectivity index (χ2v) is 31.0. The van der Waals surface area contributed by atoms with Crippen molar-refractivity contribution in [3.63, 3.8) is 0 Å². The summed E-state index contributed by atoms with van der Waals surface area (Å²) in [5.74, 6) is 0.646. The number of nitrogens with zero attached hydrogens (tertiary/aromatic N) is 2. The van der Waals surface area contributed by atoms with Gasteiger partial charge in [0, 0.05) is 39.1 Å². The highest BCUT2D eigenvalue weighted by Gasteiger charge is 2.50. The van der Waals surface area contributed by atoms with Crippen molar-refractivity contribution in [1.29, 1.82) is 0 Å². The average Bonchev–Trinajstić information content (AvgIpc) is 3.72. The van der Waals surface area contributed by atoms with Crippen LogP contribution in [0.1, 0.15) is 226 Å². The van der Waals surface area contributed by atoms with E-state index in [-0.39, 0.29) is 43.8 Å². The highest BCUT2D eigenvalue weighted by Crippen LogP contribution is 2.66. The lowest BCUT2D eigenvalue weighted by Crippen LogP contribution is -2.38. The van der Waals surface area contributed by atoms with E-state index in [0.29, 0.717) is 5.92 Å². The maximum atomic E-state index is 2.81. The van der Waals surface area contributed by atoms with Gasteiger partial charge in [-0.3, -0.25) is 0 Å². The van der Waals surface area contributed by atoms with Gasteiger partial charge in [0.25, 0.3) is 0 Å². The Balaban J connectivity index is 1.15. The van der Waals surface area contributed by atoms with Crippen molar-refractivity contribution in [2.75, 3.05) is 9.80 Å². The van der Waals surface area contributed by atoms with E-state index in [1.165, 1.54) is 130 Å². The fraction of sp³-hybridized carbons (Fsp3) is 0.421. The molecule has 0 spiro atoms. The smallest absolute Gasteiger partial charge is 0.0542 e. The summed E-state index contributed by atoms with van der Waals surface area (Å²) in [6.07, 6.45) is 5.68. The third kappa shape index (κ3) is 7.75. The Morgan fingerprint density at radius 1 is 0.449 bits per heavy atom. The van der Waals surface area contributed by atoms with Crippen LogP contribution in [-0.4, -0.2) is 0 Å². The molecule has 0 aromatic heterocycles. The van der Waals surface area contributed by atoms with E-state index in [2.05, 4.69) is 256 Å². The van der Waals surface area contributed by atoms with Crippen LogP contribution in [0.15, 0.2) is 127 Å². The zero-order valence-corrected chi connectivity index (χ0v) is 50.6. The molecule has 1 atom stereocenters. The van der Waals surface area contributed by atoms with Crippen molar-refractivity contribution >= 4 is 34.1 Å². The predicted octanol–water partition coefficient (Wildman–Crippen LogP) is 20.6. The van der Waals surface area contributed by atoms with Crippen LogP contribution in [-0.2, 0) is 46.3 Å². The number of rotatable bonds is 3. The third-order valence-electron chi connectivity index (χ3n) is 20.0. The maximum absolute atomic E-state index is 2.81. The van der Waals surface area contributed by atoms with Gasteiger partial charge in [0.2, 0.25) is 0 Å². The van der Waals surface area contributed by atoms with Crippen LogP contribution < -0.4 is 9.80 Å². The Kier molecular flexibility index (Phi) is 10.9. The minimum atomic E-state index is -0.225. The molecule has 0 bridgehead atoms. The molecular weight excluding hydrogens is 941 g/mol. The molecule has 0 radical (unpaired) electrons. The summed E-state index contributed by atoms with van der Waals surface area (Å²) in [4.78, 5) is 5.56. The van der Waals surface area contributed by atoms with Crippen molar-refractivity contribution in [3.05, 3.63) is 210 Å². The Hall–Kier alpha value is -6.12. The van der Waals surface area contributed by atoms with Crippen LogP contribution in [0.5, 0.6) is 0 Å². The van der Waals surface area contributed by atoms with Crippen molar-refractivity contribution in [1.82, 2.24) is 0 Å². The van der Waals surface area contributed by atoms with Gasteiger partial charge in [0.15, 0.2) is 0 Å². The lowest BCUT2D eigenvalue weighted by Gasteiger charge is -2.49. The molecule has 400 valence electrons. The molecule has 4 aliphatic carbocycles. The van der Waals surface area contributed by atoms with E-state index in [1.54, 1.807) is 16.7 Å². The molecular formula is C76H86N2. The van der Waals surface area contributed by atoms with Crippen molar-refractivity contribution in [3.8, 4) is 11.1 Å². The average molecular weight is 1030 g/mol. The van der Waals surface area contributed by atoms with Crippen LogP contribution in [0, 0.1) is 17.8 Å². The summed E-state index contributed by atoms with van der Waals surface area (Å²) >= 11 is 0. The summed E-state index contributed by atoms with van der Waals surface area (Å²) in [5, 5.41) is 0. The van der Waals surface area contributed by atoms with Crippen LogP contribution in [0.4, 0.5) is 28.4 Å². The van der Waals surface area contributed by atoms with Gasteiger partial charge in [0.1, 0.15) is 0 Å². The van der Waals surface area contributed by atoms with E-state index in [9.17, 15) is 0 Å². The molecule has 6 aliphatic rings. The summed E-state index contributed by atoms with van der Waals surface area (Å²) in [6.45, 7) is 43.6. The predicted molar refractivity (Wildman–Crippen MR) is 333 cm³/mol. The zero-order valence-electron chi connectivity index (χ0n) is 50.6. The largest absolute Gasteiger partial charge is 0.309 e. The highest BCUT2D eigenvalue weighted by atomic mass is 15.2. The SMILES string of the molecule is Cc1cc2c3c(c1)N(c1ccc(C(C)(C)C)cc1-c1ccc(C(C)(C)C)cc1)c1cc4c(cc1C3C1=C(c3cc(C(C)(C)C)ccc3C1)N2c1cc2c3c(c1)CC(C)(C)CC3CC(C)(C)C2)C(C)(C)c1ccccc1C4(C)C. The van der Waals surface area contributed by atoms with Gasteiger partial charge in [-0.25, -0.2) is 0 Å². The lowest BCUT2D eigenvalue weighted by atomic mass is 9.59. The number of hydrogen-bond donors (Lipinski definition) is 0. The van der Waals surface area contributed by atoms with Crippen LogP contribution in [0.3, 0.4) is 0 Å². The van der Waals surface area contributed by atoms with Crippen LogP contribution in [0.25, 0.3) is 16.8 Å². The Morgan fingerprint density at radius 3 is 1.53 bits per heavy atom. The number of allylic oxidation sites excluding steroid dienone is 1. The summed E-state index contributed by atoms with van der Waals surface area (Å²) < 4.78 is 0. The van der Waals surface area contributed by atoms with Crippen LogP contribution in [0.2, 0.25) is 0 Å². The second kappa shape index (κ2) is 16.5. The molecule has 7 aromatic rings. The van der Waals surface area contributed by atoms with Crippen molar-refractivity contribution in [2.45, 2.75) is 196 Å². The molecule has 0 saturated carbocycles. The molecule has 7 aromatic carbocycles. The van der Waals surface area contributed by atoms with E-state index < -0.39 is 0 Å². The topological polar surface area (TPSA) is 6.48 Å². The second-order valence-electron chi connectivity index (χ2n) is 31.0. The minimum Gasteiger partial charge on any atom is -0.309 e. The number of anilines is 5. The molecule has 0 saturated heterocycles. The Bertz CT molecular complexity index is 3690. The normalized spacial score (nSPS) is 20.1. The standard InChI is InChI=1S/C76H86N2/c1-44-31-64-68-65(32-44)78(62-30-29-52(72(8,9)10)36-54(62)45-23-26-50(27-24-45)70(2,3)4)63-39-61-60(75(15,16)58-21-19-20-22-59(58)76(61,17)18)38-56(63)67(68)57-35-46-25-28-51(71(5,6)7)37-55(46)69(57)77(64)53-33-47-40-73(11,12)42-49-43-74(13,14)41-48(34-53)66(47)49/h19-34,36-39,49,67H,35,40-43H2,1-18H3. The van der Waals surface area contributed by atoms with Gasteiger partial charge in [-0.2, -0.15) is 0 Å². The highest BCUT2D eigenvalue weighted by molar-refractivity contribution is 6.04. The quantitative estimate of drug-likeness (QED) is 0.174. The Morgan fingerprint density at radius 2 is 0.962 bits per heavy atom. The first-order valence-corrected chi connectivity index (χ1v) is 29.7. The zero-order chi connectivity index (χ0) is 55.3. The van der Waals surface area contributed by atoms with Crippen molar-refractivity contribution in [2.24, 2.45) is 10.8 Å². The summed E-state index contributed by atoms with van der Waals surface area (Å²) in [5.41, 5.74) is 33.7. The fourth-order valence-electron chi connectivity index (χ4n) is 16.1. The first kappa shape index (κ1) is 51.3. The van der Waals surface area contributed by atoms with Gasteiger partial charge < -0.3 is 9.80 Å². The number of hydrogen-bond acceptors (Lipinski definition) is 2. The number of benzene rings is 7. The molecule has 2 heteroatoms. The van der Waals surface area contributed by atoms with Gasteiger partial charge in [-0.1, -0.05) is 190 Å². The van der Waals surface area contributed by atoms with Gasteiger partial charge in [-0.05, 0) is 204 Å². The summed E-state index contributed by atoms with van der Waals surface area (Å²) in [6, 6.07) is 49.7. The van der Waals surface area contributed by atoms with E-state index >= 15 is 0 Å². The monoisotopic (exact) mass is 1030 g/mol. The number of fused-ring (bicyclic) bond motifs is 7. The summed E-state index contributed by atoms with van der Waals surface area (Å²) in [7, 11) is 0. The molecule has 2 heterocycles. The molecule has 0 amide bonds. The van der Waals surface area contributed by atoms with E-state index in [0.717, 1.165) is 19.3 Å². The molecule has 1 unspecified atom stereocenters. The minimum absolute atomic E-state index is 0.000661. The molecule has 13 rings (SSSR count). The van der Waals surface area contributed by atoms with E-state index in [1.807, 2.05) is 0 Å². The third-order valence-corrected chi connectivity index (χ3v) is 20.0.